The normalized spacial score (nSPS) is 12.2. The molecule has 0 radical (unpaired) electrons. The summed E-state index contributed by atoms with van der Waals surface area (Å²) in [5.74, 6) is -0.575. The van der Waals surface area contributed by atoms with Crippen molar-refractivity contribution in [1.29, 1.82) is 0 Å². The Balaban J connectivity index is 3.15. The molecule has 1 unspecified atom stereocenters. The van der Waals surface area contributed by atoms with Crippen LogP contribution in [-0.4, -0.2) is 34.7 Å². The molecule has 1 rings (SSSR count). The minimum atomic E-state index is -1.08. The lowest BCUT2D eigenvalue weighted by Crippen LogP contribution is -2.51. The van der Waals surface area contributed by atoms with E-state index in [4.69, 9.17) is 4.74 Å². The Bertz CT molecular complexity index is 649. The van der Waals surface area contributed by atoms with Gasteiger partial charge in [-0.25, -0.2) is 9.59 Å². The number of nitrogens with zero attached hydrogens (tertiary/aromatic N) is 1. The standard InChI is InChI=1S/C19H25NO4/c1-7-17(21)24-12-14(4)20(18(22)23)19(5,6)16-10-8-9-15(11-16)13(2)3/h7-11,14H,1-2,12H2,3-6H3,(H,22,23). The van der Waals surface area contributed by atoms with Crippen molar-refractivity contribution >= 4 is 17.6 Å². The molecule has 0 aliphatic heterocycles. The number of rotatable bonds is 7. The van der Waals surface area contributed by atoms with Crippen LogP contribution in [0.25, 0.3) is 5.57 Å². The molecule has 0 fully saturated rings. The molecule has 5 nitrogen and oxygen atoms in total. The monoisotopic (exact) mass is 331 g/mol. The number of amides is 1. The summed E-state index contributed by atoms with van der Waals surface area (Å²) in [4.78, 5) is 24.4. The van der Waals surface area contributed by atoms with Crippen molar-refractivity contribution in [1.82, 2.24) is 4.90 Å². The first kappa shape index (κ1) is 19.5. The molecular formula is C19H25NO4. The van der Waals surface area contributed by atoms with Crippen LogP contribution in [0.3, 0.4) is 0 Å². The Labute approximate surface area is 143 Å². The van der Waals surface area contributed by atoms with Gasteiger partial charge in [0.1, 0.15) is 6.61 Å². The smallest absolute Gasteiger partial charge is 0.408 e. The first-order valence-electron chi connectivity index (χ1n) is 7.69. The Morgan fingerprint density at radius 2 is 2.04 bits per heavy atom. The second-order valence-electron chi connectivity index (χ2n) is 6.26. The van der Waals surface area contributed by atoms with Gasteiger partial charge in [-0.3, -0.25) is 4.90 Å². The SMILES string of the molecule is C=CC(=O)OCC(C)N(C(=O)O)C(C)(C)c1cccc(C(=C)C)c1. The summed E-state index contributed by atoms with van der Waals surface area (Å²) in [5.41, 5.74) is 1.89. The van der Waals surface area contributed by atoms with Gasteiger partial charge in [0.2, 0.25) is 0 Å². The summed E-state index contributed by atoms with van der Waals surface area (Å²) < 4.78 is 5.00. The molecule has 1 atom stereocenters. The highest BCUT2D eigenvalue weighted by molar-refractivity contribution is 5.81. The lowest BCUT2D eigenvalue weighted by molar-refractivity contribution is -0.139. The van der Waals surface area contributed by atoms with Crippen molar-refractivity contribution in [3.05, 3.63) is 54.6 Å². The van der Waals surface area contributed by atoms with Gasteiger partial charge in [-0.1, -0.05) is 36.9 Å². The van der Waals surface area contributed by atoms with E-state index in [1.165, 1.54) is 4.90 Å². The van der Waals surface area contributed by atoms with Crippen molar-refractivity contribution in [3.8, 4) is 0 Å². The first-order chi connectivity index (χ1) is 11.1. The quantitative estimate of drug-likeness (QED) is 0.604. The fourth-order valence-electron chi connectivity index (χ4n) is 2.62. The van der Waals surface area contributed by atoms with Crippen LogP contribution in [0, 0.1) is 0 Å². The third-order valence-electron chi connectivity index (χ3n) is 3.94. The number of esters is 1. The average molecular weight is 331 g/mol. The average Bonchev–Trinajstić information content (AvgIpc) is 2.52. The highest BCUT2D eigenvalue weighted by Crippen LogP contribution is 2.31. The molecule has 1 aromatic carbocycles. The zero-order valence-electron chi connectivity index (χ0n) is 14.7. The van der Waals surface area contributed by atoms with Crippen molar-refractivity contribution in [2.24, 2.45) is 0 Å². The van der Waals surface area contributed by atoms with Crippen LogP contribution in [0.2, 0.25) is 0 Å². The minimum absolute atomic E-state index is 0.0409. The van der Waals surface area contributed by atoms with Gasteiger partial charge in [0.25, 0.3) is 0 Å². The maximum absolute atomic E-state index is 11.8. The summed E-state index contributed by atoms with van der Waals surface area (Å²) in [6.07, 6.45) is -0.0258. The first-order valence-corrected chi connectivity index (χ1v) is 7.69. The third-order valence-corrected chi connectivity index (χ3v) is 3.94. The van der Waals surface area contributed by atoms with Crippen molar-refractivity contribution in [3.63, 3.8) is 0 Å². The van der Waals surface area contributed by atoms with E-state index in [0.717, 1.165) is 22.8 Å². The summed E-state index contributed by atoms with van der Waals surface area (Å²) in [5, 5.41) is 9.69. The number of carbonyl (C=O) groups is 2. The van der Waals surface area contributed by atoms with Crippen LogP contribution in [0.4, 0.5) is 4.79 Å². The third kappa shape index (κ3) is 4.47. The van der Waals surface area contributed by atoms with E-state index >= 15 is 0 Å². The summed E-state index contributed by atoms with van der Waals surface area (Å²) in [6.45, 7) is 14.5. The van der Waals surface area contributed by atoms with Crippen LogP contribution >= 0.6 is 0 Å². The summed E-state index contributed by atoms with van der Waals surface area (Å²) in [7, 11) is 0. The van der Waals surface area contributed by atoms with Crippen LogP contribution in [-0.2, 0) is 15.1 Å². The Morgan fingerprint density at radius 1 is 1.42 bits per heavy atom. The molecule has 0 aromatic heterocycles. The molecule has 5 heteroatoms. The highest BCUT2D eigenvalue weighted by Gasteiger charge is 2.36. The van der Waals surface area contributed by atoms with Gasteiger partial charge < -0.3 is 9.84 Å². The van der Waals surface area contributed by atoms with Crippen LogP contribution in [0.1, 0.15) is 38.8 Å². The maximum Gasteiger partial charge on any atom is 0.408 e. The zero-order valence-corrected chi connectivity index (χ0v) is 14.7. The van der Waals surface area contributed by atoms with Gasteiger partial charge in [0, 0.05) is 6.08 Å². The molecule has 0 spiro atoms. The van der Waals surface area contributed by atoms with Gasteiger partial charge in [-0.15, -0.1) is 0 Å². The molecule has 0 aliphatic rings. The van der Waals surface area contributed by atoms with Gasteiger partial charge in [-0.05, 0) is 44.9 Å². The highest BCUT2D eigenvalue weighted by atomic mass is 16.5. The van der Waals surface area contributed by atoms with Crippen molar-refractivity contribution < 1.29 is 19.4 Å². The molecule has 0 saturated carbocycles. The van der Waals surface area contributed by atoms with E-state index in [0.29, 0.717) is 0 Å². The summed E-state index contributed by atoms with van der Waals surface area (Å²) >= 11 is 0. The van der Waals surface area contributed by atoms with Gasteiger partial charge in [-0.2, -0.15) is 0 Å². The molecular weight excluding hydrogens is 306 g/mol. The number of carboxylic acid groups (broad SMARTS) is 1. The van der Waals surface area contributed by atoms with E-state index in [9.17, 15) is 14.7 Å². The number of hydrogen-bond acceptors (Lipinski definition) is 3. The number of hydrogen-bond donors (Lipinski definition) is 1. The second kappa shape index (κ2) is 7.81. The molecule has 1 amide bonds. The van der Waals surface area contributed by atoms with Crippen LogP contribution < -0.4 is 0 Å². The lowest BCUT2D eigenvalue weighted by Gasteiger charge is -2.41. The van der Waals surface area contributed by atoms with E-state index in [1.807, 2.05) is 45.0 Å². The fourth-order valence-corrected chi connectivity index (χ4v) is 2.62. The van der Waals surface area contributed by atoms with E-state index in [1.54, 1.807) is 6.92 Å². The molecule has 1 aromatic rings. The van der Waals surface area contributed by atoms with Gasteiger partial charge in [0.05, 0.1) is 11.6 Å². The lowest BCUT2D eigenvalue weighted by atomic mass is 9.89. The van der Waals surface area contributed by atoms with Crippen molar-refractivity contribution in [2.75, 3.05) is 6.61 Å². The largest absolute Gasteiger partial charge is 0.465 e. The zero-order chi connectivity index (χ0) is 18.5. The molecule has 0 bridgehead atoms. The number of benzene rings is 1. The van der Waals surface area contributed by atoms with E-state index in [-0.39, 0.29) is 6.61 Å². The minimum Gasteiger partial charge on any atom is -0.465 e. The van der Waals surface area contributed by atoms with Crippen LogP contribution in [0.5, 0.6) is 0 Å². The van der Waals surface area contributed by atoms with Crippen molar-refractivity contribution in [2.45, 2.75) is 39.3 Å². The van der Waals surface area contributed by atoms with Crippen LogP contribution in [0.15, 0.2) is 43.5 Å². The fraction of sp³-hybridized carbons (Fsp3) is 0.368. The topological polar surface area (TPSA) is 66.8 Å². The molecule has 0 aliphatic carbocycles. The maximum atomic E-state index is 11.8. The molecule has 130 valence electrons. The van der Waals surface area contributed by atoms with Gasteiger partial charge >= 0.3 is 12.1 Å². The summed E-state index contributed by atoms with van der Waals surface area (Å²) in [6, 6.07) is 7.10. The molecule has 0 saturated heterocycles. The Kier molecular flexibility index (Phi) is 6.35. The van der Waals surface area contributed by atoms with Gasteiger partial charge in [0.15, 0.2) is 0 Å². The number of carbonyl (C=O) groups excluding carboxylic acids is 1. The predicted octanol–water partition coefficient (Wildman–Crippen LogP) is 4.05. The van der Waals surface area contributed by atoms with E-state index in [2.05, 4.69) is 13.2 Å². The van der Waals surface area contributed by atoms with E-state index < -0.39 is 23.6 Å². The molecule has 1 N–H and O–H groups in total. The number of allylic oxidation sites excluding steroid dienone is 1. The molecule has 24 heavy (non-hydrogen) atoms. The number of ether oxygens (including phenoxy) is 1. The molecule has 0 heterocycles. The Hall–Kier alpha value is -2.56. The second-order valence-corrected chi connectivity index (χ2v) is 6.26. The Morgan fingerprint density at radius 3 is 2.54 bits per heavy atom. The predicted molar refractivity (Wildman–Crippen MR) is 94.7 cm³/mol.